The summed E-state index contributed by atoms with van der Waals surface area (Å²) >= 11 is 26.1. The normalized spacial score (nSPS) is 16.2. The Morgan fingerprint density at radius 1 is 0.605 bits per heavy atom. The predicted octanol–water partition coefficient (Wildman–Crippen LogP) is 12.9. The first-order chi connectivity index (χ1) is 36.3. The Labute approximate surface area is 478 Å². The Hall–Kier alpha value is -5.27. The fraction of sp³-hybridized carbons (Fsp3) is 0.368. The number of carbonyl (C=O) groups excluding carboxylic acids is 1. The van der Waals surface area contributed by atoms with Crippen LogP contribution in [0.15, 0.2) is 94.2 Å². The van der Waals surface area contributed by atoms with Crippen LogP contribution in [-0.2, 0) is 31.7 Å². The fourth-order valence-electron chi connectivity index (χ4n) is 10.9. The minimum atomic E-state index is -0.899. The first kappa shape index (κ1) is 54.1. The van der Waals surface area contributed by atoms with Gasteiger partial charge in [0.15, 0.2) is 0 Å². The van der Waals surface area contributed by atoms with E-state index in [-0.39, 0.29) is 29.9 Å². The van der Waals surface area contributed by atoms with Crippen LogP contribution in [0.2, 0.25) is 20.1 Å². The summed E-state index contributed by atoms with van der Waals surface area (Å²) in [5, 5.41) is 22.4. The zero-order valence-electron chi connectivity index (χ0n) is 42.5. The van der Waals surface area contributed by atoms with Crippen LogP contribution in [0, 0.1) is 0 Å². The van der Waals surface area contributed by atoms with Crippen molar-refractivity contribution in [2.45, 2.75) is 50.4 Å². The molecule has 0 spiro atoms. The van der Waals surface area contributed by atoms with Gasteiger partial charge in [0.2, 0.25) is 0 Å². The number of aromatic nitrogens is 4. The largest absolute Gasteiger partial charge is 0.478 e. The van der Waals surface area contributed by atoms with Gasteiger partial charge in [-0.3, -0.25) is 9.80 Å². The summed E-state index contributed by atoms with van der Waals surface area (Å²) in [6.45, 7) is 9.31. The lowest BCUT2D eigenvalue weighted by Crippen LogP contribution is -2.47. The molecule has 4 aliphatic rings. The second-order valence-corrected chi connectivity index (χ2v) is 21.8. The first-order valence-electron chi connectivity index (χ1n) is 25.6. The lowest BCUT2D eigenvalue weighted by Gasteiger charge is -2.36. The van der Waals surface area contributed by atoms with E-state index in [0.717, 1.165) is 177 Å². The molecule has 2 saturated heterocycles. The van der Waals surface area contributed by atoms with Crippen LogP contribution in [0.4, 0.5) is 11.4 Å². The lowest BCUT2D eigenvalue weighted by molar-refractivity contribution is 0.0601. The van der Waals surface area contributed by atoms with Crippen molar-refractivity contribution in [1.82, 2.24) is 29.2 Å². The number of fused-ring (bicyclic) bond motifs is 2. The first-order valence-corrected chi connectivity index (χ1v) is 27.2. The number of ether oxygens (including phenoxy) is 1. The number of piperazine rings is 2. The average molecular weight is 1220 g/mol. The van der Waals surface area contributed by atoms with Crippen LogP contribution >= 0.6 is 70.4 Å². The lowest BCUT2D eigenvalue weighted by atomic mass is 10.0. The molecule has 4 aromatic carbocycles. The van der Waals surface area contributed by atoms with Crippen molar-refractivity contribution < 1.29 is 28.5 Å². The molecule has 0 radical (unpaired) electrons. The molecule has 14 nitrogen and oxygen atoms in total. The Bertz CT molecular complexity index is 3400. The number of carbonyl (C=O) groups is 2. The topological polar surface area (TPSA) is 138 Å². The van der Waals surface area contributed by atoms with Crippen molar-refractivity contribution in [3.05, 3.63) is 139 Å². The summed E-state index contributed by atoms with van der Waals surface area (Å²) in [6, 6.07) is 23.4. The molecule has 0 atom stereocenters. The predicted molar refractivity (Wildman–Crippen MR) is 312 cm³/mol. The van der Waals surface area contributed by atoms with Crippen molar-refractivity contribution in [3.8, 4) is 22.5 Å². The average Bonchev–Trinajstić information content (AvgIpc) is 4.31. The number of hydrogen-bond donors (Lipinski definition) is 1. The van der Waals surface area contributed by atoms with Gasteiger partial charge < -0.3 is 37.8 Å². The molecule has 1 N–H and O–H groups in total. The van der Waals surface area contributed by atoms with E-state index in [1.807, 2.05) is 84.0 Å². The molecule has 2 aliphatic carbocycles. The monoisotopic (exact) mass is 1220 g/mol. The zero-order valence-corrected chi connectivity index (χ0v) is 47.9. The molecule has 0 unspecified atom stereocenters. The highest BCUT2D eigenvalue weighted by molar-refractivity contribution is 14.0. The summed E-state index contributed by atoms with van der Waals surface area (Å²) in [4.78, 5) is 33.4. The van der Waals surface area contributed by atoms with E-state index in [1.165, 1.54) is 12.8 Å². The SMILES string of the molecule is COC(=O)c1cn(C)c2cc(N3CCN(CCc4c(-c5c(Cl)cccc5Cl)noc4C4CC4)CC3)ccc12.Cn1cc(C(=O)O)c2ccc(N3CCN(CCc4c(-c5c(Cl)cccc5Cl)noc4C4CC4)CC3)cc21.I. The molecular formula is C57H59Cl4IN8O6. The zero-order chi connectivity index (χ0) is 52.1. The fourth-order valence-corrected chi connectivity index (χ4v) is 12.0. The van der Waals surface area contributed by atoms with E-state index >= 15 is 0 Å². The van der Waals surface area contributed by atoms with Gasteiger partial charge in [-0.15, -0.1) is 24.0 Å². The molecule has 2 saturated carbocycles. The quantitative estimate of drug-likeness (QED) is 0.0819. The third kappa shape index (κ3) is 11.1. The number of aromatic carboxylic acids is 1. The van der Waals surface area contributed by atoms with Gasteiger partial charge in [-0.1, -0.05) is 68.8 Å². The van der Waals surface area contributed by atoms with Crippen LogP contribution in [0.3, 0.4) is 0 Å². The van der Waals surface area contributed by atoms with Gasteiger partial charge in [0, 0.05) is 148 Å². The molecule has 8 aromatic rings. The molecule has 2 aliphatic heterocycles. The van der Waals surface area contributed by atoms with Crippen LogP contribution < -0.4 is 9.80 Å². The minimum absolute atomic E-state index is 0. The van der Waals surface area contributed by atoms with Crippen molar-refractivity contribution in [2.24, 2.45) is 14.1 Å². The minimum Gasteiger partial charge on any atom is -0.478 e. The molecule has 76 heavy (non-hydrogen) atoms. The number of benzene rings is 4. The number of halogens is 5. The highest BCUT2D eigenvalue weighted by atomic mass is 127. The number of carboxylic acid groups (broad SMARTS) is 1. The van der Waals surface area contributed by atoms with Gasteiger partial charge in [0.25, 0.3) is 0 Å². The number of esters is 1. The Morgan fingerprint density at radius 2 is 1.00 bits per heavy atom. The summed E-state index contributed by atoms with van der Waals surface area (Å²) in [6.07, 6.45) is 9.75. The highest BCUT2D eigenvalue weighted by Crippen LogP contribution is 2.48. The molecule has 398 valence electrons. The van der Waals surface area contributed by atoms with Crippen molar-refractivity contribution >= 4 is 115 Å². The molecule has 0 amide bonds. The number of methoxy groups -OCH3 is 1. The smallest absolute Gasteiger partial charge is 0.340 e. The number of aryl methyl sites for hydroxylation is 2. The van der Waals surface area contributed by atoms with Crippen LogP contribution in [0.5, 0.6) is 0 Å². The van der Waals surface area contributed by atoms with E-state index < -0.39 is 5.97 Å². The Morgan fingerprint density at radius 3 is 1.38 bits per heavy atom. The molecular weight excluding hydrogens is 1160 g/mol. The van der Waals surface area contributed by atoms with E-state index in [0.29, 0.717) is 43.1 Å². The number of nitrogens with zero attached hydrogens (tertiary/aromatic N) is 8. The number of anilines is 2. The second-order valence-electron chi connectivity index (χ2n) is 20.2. The van der Waals surface area contributed by atoms with E-state index in [2.05, 4.69) is 48.1 Å². The van der Waals surface area contributed by atoms with Crippen LogP contribution in [-0.4, -0.2) is 119 Å². The summed E-state index contributed by atoms with van der Waals surface area (Å²) < 4.78 is 20.5. The van der Waals surface area contributed by atoms with Crippen molar-refractivity contribution in [2.75, 3.05) is 82.4 Å². The van der Waals surface area contributed by atoms with Gasteiger partial charge in [-0.05, 0) is 99.2 Å². The summed E-state index contributed by atoms with van der Waals surface area (Å²) in [5.74, 6) is 1.68. The second kappa shape index (κ2) is 23.0. The van der Waals surface area contributed by atoms with Gasteiger partial charge >= 0.3 is 11.9 Å². The van der Waals surface area contributed by atoms with Crippen molar-refractivity contribution in [1.29, 1.82) is 0 Å². The molecule has 0 bridgehead atoms. The molecule has 6 heterocycles. The Kier molecular flexibility index (Phi) is 16.4. The molecule has 4 aromatic heterocycles. The van der Waals surface area contributed by atoms with Gasteiger partial charge in [0.05, 0.1) is 49.4 Å². The maximum atomic E-state index is 12.1. The third-order valence-corrected chi connectivity index (χ3v) is 16.6. The standard InChI is InChI=1S/C29H30Cl2N4O3.C28H28Cl2N4O3.HI/c1-33-17-22(29(36)37-2)20-9-8-19(16-25(20)33)35-14-12-34(13-15-35)11-10-21-27(32-38-28(21)18-6-7-18)26-23(30)4-3-5-24(26)31;1-32-16-21(28(35)36)19-8-7-18(15-24(19)32)34-13-11-33(12-14-34)10-9-20-26(31-37-27(20)17-5-6-17)25-22(29)3-2-4-23(25)30;/h3-5,8-9,16-18H,6-7,10-15H2,1-2H3;2-4,7-8,15-17H,5-6,9-14H2,1H3,(H,35,36);1H. The van der Waals surface area contributed by atoms with Crippen LogP contribution in [0.25, 0.3) is 44.3 Å². The number of rotatable bonds is 14. The number of hydrogen-bond acceptors (Lipinski definition) is 11. The van der Waals surface area contributed by atoms with Gasteiger partial charge in [0.1, 0.15) is 22.9 Å². The summed E-state index contributed by atoms with van der Waals surface area (Å²) in [5.41, 5.74) is 10.5. The highest BCUT2D eigenvalue weighted by Gasteiger charge is 2.35. The Balaban J connectivity index is 0.000000171. The molecule has 4 fully saturated rings. The van der Waals surface area contributed by atoms with E-state index in [9.17, 15) is 14.7 Å². The van der Waals surface area contributed by atoms with E-state index in [1.54, 1.807) is 6.20 Å². The van der Waals surface area contributed by atoms with Crippen LogP contribution in [0.1, 0.15) is 80.9 Å². The van der Waals surface area contributed by atoms with Gasteiger partial charge in [-0.2, -0.15) is 0 Å². The van der Waals surface area contributed by atoms with Gasteiger partial charge in [-0.25, -0.2) is 9.59 Å². The molecule has 19 heteroatoms. The maximum absolute atomic E-state index is 12.1. The van der Waals surface area contributed by atoms with E-state index in [4.69, 9.17) is 60.2 Å². The number of carboxylic acids is 1. The van der Waals surface area contributed by atoms with Crippen molar-refractivity contribution in [3.63, 3.8) is 0 Å². The molecule has 12 rings (SSSR count). The summed E-state index contributed by atoms with van der Waals surface area (Å²) in [7, 11) is 5.26. The maximum Gasteiger partial charge on any atom is 0.340 e. The third-order valence-electron chi connectivity index (χ3n) is 15.3.